The van der Waals surface area contributed by atoms with Crippen LogP contribution in [0.1, 0.15) is 58.3 Å². The zero-order chi connectivity index (χ0) is 26.4. The summed E-state index contributed by atoms with van der Waals surface area (Å²) in [5.74, 6) is -2.78. The normalized spacial score (nSPS) is 12.3. The molecule has 0 aromatic heterocycles. The van der Waals surface area contributed by atoms with Gasteiger partial charge in [0.15, 0.2) is 6.61 Å². The number of amides is 6. The van der Waals surface area contributed by atoms with Crippen molar-refractivity contribution in [3.63, 3.8) is 0 Å². The summed E-state index contributed by atoms with van der Waals surface area (Å²) in [5, 5.41) is 7.18. The molecule has 11 nitrogen and oxygen atoms in total. The van der Waals surface area contributed by atoms with E-state index in [9.17, 15) is 28.8 Å². The first-order valence-corrected chi connectivity index (χ1v) is 11.2. The van der Waals surface area contributed by atoms with E-state index in [1.54, 1.807) is 12.1 Å². The fourth-order valence-electron chi connectivity index (χ4n) is 3.40. The van der Waals surface area contributed by atoms with Gasteiger partial charge in [-0.1, -0.05) is 13.8 Å². The van der Waals surface area contributed by atoms with Gasteiger partial charge in [-0.15, -0.1) is 0 Å². The number of carbonyl (C=O) groups excluding carboxylic acids is 6. The lowest BCUT2D eigenvalue weighted by Crippen LogP contribution is -2.42. The van der Waals surface area contributed by atoms with Crippen LogP contribution >= 0.6 is 0 Å². The molecule has 3 N–H and O–H groups in total. The van der Waals surface area contributed by atoms with Crippen molar-refractivity contribution in [2.45, 2.75) is 27.2 Å². The molecule has 2 aromatic rings. The molecule has 0 saturated heterocycles. The van der Waals surface area contributed by atoms with Gasteiger partial charge in [-0.25, -0.2) is 14.5 Å². The first kappa shape index (κ1) is 26.1. The van der Waals surface area contributed by atoms with E-state index in [1.165, 1.54) is 37.3 Å². The summed E-state index contributed by atoms with van der Waals surface area (Å²) in [6.07, 6.45) is 0.746. The minimum Gasteiger partial charge on any atom is -0.452 e. The van der Waals surface area contributed by atoms with Gasteiger partial charge >= 0.3 is 12.0 Å². The molecule has 3 rings (SSSR count). The monoisotopic (exact) mass is 494 g/mol. The summed E-state index contributed by atoms with van der Waals surface area (Å²) in [7, 11) is 0. The molecule has 0 atom stereocenters. The second kappa shape index (κ2) is 11.3. The van der Waals surface area contributed by atoms with Gasteiger partial charge in [0.05, 0.1) is 22.4 Å². The molecule has 0 fully saturated rings. The van der Waals surface area contributed by atoms with Crippen molar-refractivity contribution in [1.82, 2.24) is 10.6 Å². The zero-order valence-corrected chi connectivity index (χ0v) is 20.0. The lowest BCUT2D eigenvalue weighted by atomic mass is 10.1. The molecule has 1 heterocycles. The highest BCUT2D eigenvalue weighted by Gasteiger charge is 2.37. The number of urea groups is 1. The van der Waals surface area contributed by atoms with E-state index < -0.39 is 36.3 Å². The van der Waals surface area contributed by atoms with Gasteiger partial charge in [-0.3, -0.25) is 24.5 Å². The summed E-state index contributed by atoms with van der Waals surface area (Å²) < 4.78 is 4.94. The molecule has 11 heteroatoms. The molecular weight excluding hydrogens is 468 g/mol. The summed E-state index contributed by atoms with van der Waals surface area (Å²) >= 11 is 0. The number of hydrogen-bond donors (Lipinski definition) is 3. The van der Waals surface area contributed by atoms with E-state index >= 15 is 0 Å². The Kier molecular flexibility index (Phi) is 8.15. The van der Waals surface area contributed by atoms with Crippen LogP contribution in [0.4, 0.5) is 16.2 Å². The zero-order valence-electron chi connectivity index (χ0n) is 20.0. The fraction of sp³-hybridized carbons (Fsp3) is 0.280. The average molecular weight is 495 g/mol. The fourth-order valence-corrected chi connectivity index (χ4v) is 3.40. The minimum atomic E-state index is -0.897. The van der Waals surface area contributed by atoms with Gasteiger partial charge in [0, 0.05) is 19.2 Å². The van der Waals surface area contributed by atoms with E-state index in [2.05, 4.69) is 16.0 Å². The molecule has 0 spiro atoms. The molecule has 0 radical (unpaired) electrons. The topological polar surface area (TPSA) is 151 Å². The van der Waals surface area contributed by atoms with Crippen molar-refractivity contribution in [2.75, 3.05) is 23.4 Å². The Morgan fingerprint density at radius 1 is 0.944 bits per heavy atom. The van der Waals surface area contributed by atoms with Crippen molar-refractivity contribution in [1.29, 1.82) is 0 Å². The highest BCUT2D eigenvalue weighted by Crippen LogP contribution is 2.30. The maximum atomic E-state index is 12.9. The number of rotatable bonds is 8. The number of nitrogens with one attached hydrogen (secondary N) is 3. The second-order valence-corrected chi connectivity index (χ2v) is 8.50. The van der Waals surface area contributed by atoms with Crippen molar-refractivity contribution < 1.29 is 33.5 Å². The van der Waals surface area contributed by atoms with Crippen LogP contribution in [0.5, 0.6) is 0 Å². The Bertz CT molecular complexity index is 1220. The maximum absolute atomic E-state index is 12.9. The van der Waals surface area contributed by atoms with E-state index in [1.807, 2.05) is 13.8 Å². The lowest BCUT2D eigenvalue weighted by molar-refractivity contribution is -0.123. The van der Waals surface area contributed by atoms with Crippen LogP contribution in [0, 0.1) is 5.92 Å². The van der Waals surface area contributed by atoms with E-state index in [-0.39, 0.29) is 22.6 Å². The molecule has 0 unspecified atom stereocenters. The molecule has 36 heavy (non-hydrogen) atoms. The van der Waals surface area contributed by atoms with Gasteiger partial charge in [0.25, 0.3) is 17.7 Å². The second-order valence-electron chi connectivity index (χ2n) is 8.50. The van der Waals surface area contributed by atoms with E-state index in [0.717, 1.165) is 11.3 Å². The first-order chi connectivity index (χ1) is 17.1. The molecule has 1 aliphatic rings. The number of nitrogens with zero attached hydrogens (tertiary/aromatic N) is 1. The number of hydrogen-bond acceptors (Lipinski definition) is 7. The Morgan fingerprint density at radius 2 is 1.61 bits per heavy atom. The lowest BCUT2D eigenvalue weighted by Gasteiger charge is -2.14. The maximum Gasteiger partial charge on any atom is 0.338 e. The van der Waals surface area contributed by atoms with Crippen molar-refractivity contribution >= 4 is 47.0 Å². The van der Waals surface area contributed by atoms with Crippen LogP contribution < -0.4 is 20.9 Å². The van der Waals surface area contributed by atoms with Crippen LogP contribution in [0.15, 0.2) is 42.5 Å². The number of carbonyl (C=O) groups is 6. The number of anilines is 2. The molecule has 6 amide bonds. The van der Waals surface area contributed by atoms with Gasteiger partial charge in [0.1, 0.15) is 0 Å². The Labute approximate surface area is 207 Å². The van der Waals surface area contributed by atoms with Crippen molar-refractivity contribution in [3.8, 4) is 0 Å². The van der Waals surface area contributed by atoms with Crippen molar-refractivity contribution in [2.24, 2.45) is 5.92 Å². The summed E-state index contributed by atoms with van der Waals surface area (Å²) in [6, 6.07) is 9.31. The standard InChI is InChI=1S/C25H26N4O7/c1-14(2)10-11-26-25(35)28-21(31)13-36-24(34)16-4-9-19-20(12-16)23(33)29(22(19)32)18-7-5-17(6-8-18)27-15(3)30/h4-9,12,14H,10-11,13H2,1-3H3,(H,27,30)(H2,26,28,31,35). The van der Waals surface area contributed by atoms with E-state index in [4.69, 9.17) is 4.74 Å². The third-order valence-electron chi connectivity index (χ3n) is 5.16. The number of esters is 1. The predicted octanol–water partition coefficient (Wildman–Crippen LogP) is 2.47. The quantitative estimate of drug-likeness (QED) is 0.377. The van der Waals surface area contributed by atoms with Crippen LogP contribution in [0.3, 0.4) is 0 Å². The van der Waals surface area contributed by atoms with Gasteiger partial charge in [-0.2, -0.15) is 0 Å². The number of fused-ring (bicyclic) bond motifs is 1. The van der Waals surface area contributed by atoms with Crippen LogP contribution in [0.2, 0.25) is 0 Å². The van der Waals surface area contributed by atoms with E-state index in [0.29, 0.717) is 23.8 Å². The average Bonchev–Trinajstić information content (AvgIpc) is 3.07. The van der Waals surface area contributed by atoms with Crippen LogP contribution in [-0.2, 0) is 14.3 Å². The van der Waals surface area contributed by atoms with Crippen molar-refractivity contribution in [3.05, 3.63) is 59.2 Å². The Hall–Kier alpha value is -4.54. The van der Waals surface area contributed by atoms with Crippen LogP contribution in [-0.4, -0.2) is 48.8 Å². The Morgan fingerprint density at radius 3 is 2.25 bits per heavy atom. The van der Waals surface area contributed by atoms with Crippen LogP contribution in [0.25, 0.3) is 0 Å². The van der Waals surface area contributed by atoms with Gasteiger partial charge in [-0.05, 0) is 54.8 Å². The van der Waals surface area contributed by atoms with Gasteiger partial charge < -0.3 is 15.4 Å². The summed E-state index contributed by atoms with van der Waals surface area (Å²) in [5.41, 5.74) is 0.882. The minimum absolute atomic E-state index is 0.00868. The first-order valence-electron chi connectivity index (χ1n) is 11.2. The molecule has 0 saturated carbocycles. The Balaban J connectivity index is 1.61. The highest BCUT2D eigenvalue weighted by atomic mass is 16.5. The number of benzene rings is 2. The molecule has 1 aliphatic heterocycles. The summed E-state index contributed by atoms with van der Waals surface area (Å²) in [6.45, 7) is 5.05. The number of imide groups is 2. The largest absolute Gasteiger partial charge is 0.452 e. The predicted molar refractivity (Wildman–Crippen MR) is 130 cm³/mol. The molecule has 2 aromatic carbocycles. The molecule has 188 valence electrons. The smallest absolute Gasteiger partial charge is 0.338 e. The highest BCUT2D eigenvalue weighted by molar-refractivity contribution is 6.34. The molecular formula is C25H26N4O7. The third kappa shape index (κ3) is 6.32. The molecule has 0 bridgehead atoms. The SMILES string of the molecule is CC(=O)Nc1ccc(N2C(=O)c3ccc(C(=O)OCC(=O)NC(=O)NCCC(C)C)cc3C2=O)cc1. The third-order valence-corrected chi connectivity index (χ3v) is 5.16. The molecule has 0 aliphatic carbocycles. The number of ether oxygens (including phenoxy) is 1. The summed E-state index contributed by atoms with van der Waals surface area (Å²) in [4.78, 5) is 73.8. The van der Waals surface area contributed by atoms with Gasteiger partial charge in [0.2, 0.25) is 5.91 Å².